The lowest BCUT2D eigenvalue weighted by molar-refractivity contribution is -0.161. The van der Waals surface area contributed by atoms with E-state index in [0.717, 1.165) is 57.8 Å². The number of rotatable bonds is 29. The summed E-state index contributed by atoms with van der Waals surface area (Å²) in [6.07, 6.45) is 34.1. The molecule has 9 heteroatoms. The van der Waals surface area contributed by atoms with Gasteiger partial charge in [0.25, 0.3) is 0 Å². The van der Waals surface area contributed by atoms with Crippen molar-refractivity contribution < 1.29 is 37.9 Å². The van der Waals surface area contributed by atoms with Crippen molar-refractivity contribution in [1.29, 1.82) is 0 Å². The number of unbranched alkanes of at least 4 members (excludes halogenated alkanes) is 11. The predicted molar refractivity (Wildman–Crippen MR) is 174 cm³/mol. The van der Waals surface area contributed by atoms with Gasteiger partial charge in [0.2, 0.25) is 0 Å². The van der Waals surface area contributed by atoms with Crippen molar-refractivity contribution in [3.8, 4) is 0 Å². The molecule has 0 unspecified atom stereocenters. The van der Waals surface area contributed by atoms with Crippen LogP contribution in [-0.4, -0.2) is 41.0 Å². The summed E-state index contributed by atoms with van der Waals surface area (Å²) in [5, 5.41) is 0. The summed E-state index contributed by atoms with van der Waals surface area (Å²) < 4.78 is 26.1. The SMILES string of the molecule is CC/C=C\C/C=C\C/C=C\C/C=C\CCCCC(=O)O[C@H](COC(=O)CCCCCCCCCCCC)COP(=O)(O)O. The van der Waals surface area contributed by atoms with E-state index in [1.54, 1.807) is 0 Å². The average Bonchev–Trinajstić information content (AvgIpc) is 2.97. The van der Waals surface area contributed by atoms with Crippen LogP contribution in [0.3, 0.4) is 0 Å². The van der Waals surface area contributed by atoms with Crippen LogP contribution in [0.2, 0.25) is 0 Å². The van der Waals surface area contributed by atoms with Gasteiger partial charge in [-0.1, -0.05) is 120 Å². The molecule has 0 aliphatic rings. The van der Waals surface area contributed by atoms with Crippen LogP contribution in [0, 0.1) is 0 Å². The van der Waals surface area contributed by atoms with Crippen molar-refractivity contribution in [3.63, 3.8) is 0 Å². The van der Waals surface area contributed by atoms with Crippen molar-refractivity contribution >= 4 is 19.8 Å². The number of hydrogen-bond acceptors (Lipinski definition) is 6. The fraction of sp³-hybridized carbons (Fsp3) is 0.706. The molecule has 0 heterocycles. The maximum absolute atomic E-state index is 12.3. The topological polar surface area (TPSA) is 119 Å². The molecule has 2 N–H and O–H groups in total. The maximum Gasteiger partial charge on any atom is 0.469 e. The van der Waals surface area contributed by atoms with E-state index < -0.39 is 32.5 Å². The zero-order chi connectivity index (χ0) is 31.9. The lowest BCUT2D eigenvalue weighted by atomic mass is 10.1. The Morgan fingerprint density at radius 3 is 1.67 bits per heavy atom. The van der Waals surface area contributed by atoms with E-state index in [4.69, 9.17) is 19.3 Å². The molecule has 8 nitrogen and oxygen atoms in total. The molecule has 43 heavy (non-hydrogen) atoms. The molecule has 0 aliphatic carbocycles. The minimum atomic E-state index is -4.75. The van der Waals surface area contributed by atoms with Crippen LogP contribution in [0.4, 0.5) is 0 Å². The molecule has 0 bridgehead atoms. The maximum atomic E-state index is 12.3. The summed E-state index contributed by atoms with van der Waals surface area (Å²) in [5.41, 5.74) is 0. The first-order valence-electron chi connectivity index (χ1n) is 16.4. The number of phosphoric acid groups is 1. The van der Waals surface area contributed by atoms with Crippen LogP contribution in [0.25, 0.3) is 0 Å². The van der Waals surface area contributed by atoms with Gasteiger partial charge in [-0.3, -0.25) is 14.1 Å². The minimum absolute atomic E-state index is 0.159. The third-order valence-corrected chi connectivity index (χ3v) is 7.10. The van der Waals surface area contributed by atoms with E-state index in [1.807, 2.05) is 0 Å². The number of allylic oxidation sites excluding steroid dienone is 8. The molecule has 0 aromatic carbocycles. The molecular weight excluding hydrogens is 567 g/mol. The highest BCUT2D eigenvalue weighted by molar-refractivity contribution is 7.46. The highest BCUT2D eigenvalue weighted by atomic mass is 31.2. The third kappa shape index (κ3) is 32.8. The van der Waals surface area contributed by atoms with Crippen LogP contribution >= 0.6 is 7.82 Å². The van der Waals surface area contributed by atoms with Crippen molar-refractivity contribution in [2.45, 2.75) is 142 Å². The van der Waals surface area contributed by atoms with Crippen molar-refractivity contribution in [2.24, 2.45) is 0 Å². The second-order valence-corrected chi connectivity index (χ2v) is 12.0. The molecule has 0 spiro atoms. The van der Waals surface area contributed by atoms with Gasteiger partial charge in [0.1, 0.15) is 6.61 Å². The van der Waals surface area contributed by atoms with E-state index >= 15 is 0 Å². The summed E-state index contributed by atoms with van der Waals surface area (Å²) >= 11 is 0. The van der Waals surface area contributed by atoms with Crippen LogP contribution in [0.5, 0.6) is 0 Å². The van der Waals surface area contributed by atoms with Crippen molar-refractivity contribution in [3.05, 3.63) is 48.6 Å². The summed E-state index contributed by atoms with van der Waals surface area (Å²) in [6.45, 7) is 3.48. The standard InChI is InChI=1S/C34H59O8P/c1-3-5-7-9-11-13-15-16-17-18-19-21-23-25-27-29-34(36)42-32(31-41-43(37,38)39)30-40-33(35)28-26-24-22-20-14-12-10-8-6-4-2/h5,7,11,13,16-17,19,21,32H,3-4,6,8-10,12,14-15,18,20,22-31H2,1-2H3,(H2,37,38,39)/b7-5-,13-11-,17-16-,21-19-/t32-/m1/s1. The zero-order valence-electron chi connectivity index (χ0n) is 26.8. The van der Waals surface area contributed by atoms with E-state index in [-0.39, 0.29) is 19.4 Å². The van der Waals surface area contributed by atoms with Gasteiger partial charge < -0.3 is 19.3 Å². The number of carbonyl (C=O) groups is 2. The Kier molecular flexibility index (Phi) is 28.7. The van der Waals surface area contributed by atoms with E-state index in [1.165, 1.54) is 44.9 Å². The van der Waals surface area contributed by atoms with Crippen LogP contribution in [0.1, 0.15) is 136 Å². The largest absolute Gasteiger partial charge is 0.469 e. The molecule has 0 amide bonds. The van der Waals surface area contributed by atoms with Gasteiger partial charge in [-0.15, -0.1) is 0 Å². The minimum Gasteiger partial charge on any atom is -0.462 e. The molecule has 0 saturated carbocycles. The molecule has 0 aromatic rings. The summed E-state index contributed by atoms with van der Waals surface area (Å²) in [7, 11) is -4.75. The number of carbonyl (C=O) groups excluding carboxylic acids is 2. The van der Waals surface area contributed by atoms with Gasteiger partial charge in [0, 0.05) is 12.8 Å². The fourth-order valence-corrected chi connectivity index (χ4v) is 4.55. The van der Waals surface area contributed by atoms with Crippen molar-refractivity contribution in [2.75, 3.05) is 13.2 Å². The van der Waals surface area contributed by atoms with Gasteiger partial charge in [-0.2, -0.15) is 0 Å². The Hall–Kier alpha value is -1.99. The molecule has 1 atom stereocenters. The van der Waals surface area contributed by atoms with Crippen LogP contribution in [-0.2, 0) is 28.2 Å². The second-order valence-electron chi connectivity index (χ2n) is 10.8. The van der Waals surface area contributed by atoms with Gasteiger partial charge in [-0.25, -0.2) is 4.57 Å². The lowest BCUT2D eigenvalue weighted by Gasteiger charge is -2.18. The van der Waals surface area contributed by atoms with Crippen LogP contribution < -0.4 is 0 Å². The summed E-state index contributed by atoms with van der Waals surface area (Å²) in [6, 6.07) is 0. The molecule has 0 saturated heterocycles. The Bertz CT molecular complexity index is 843. The van der Waals surface area contributed by atoms with Gasteiger partial charge in [0.15, 0.2) is 6.10 Å². The molecule has 0 radical (unpaired) electrons. The van der Waals surface area contributed by atoms with Gasteiger partial charge >= 0.3 is 19.8 Å². The predicted octanol–water partition coefficient (Wildman–Crippen LogP) is 9.23. The van der Waals surface area contributed by atoms with Gasteiger partial charge in [0.05, 0.1) is 6.61 Å². The number of esters is 2. The first kappa shape index (κ1) is 41.0. The van der Waals surface area contributed by atoms with Crippen molar-refractivity contribution in [1.82, 2.24) is 0 Å². The number of hydrogen-bond donors (Lipinski definition) is 2. The Morgan fingerprint density at radius 1 is 0.628 bits per heavy atom. The Labute approximate surface area is 261 Å². The normalized spacial score (nSPS) is 13.1. The van der Waals surface area contributed by atoms with Gasteiger partial charge in [-0.05, 0) is 51.4 Å². The average molecular weight is 627 g/mol. The molecular formula is C34H59O8P. The number of ether oxygens (including phenoxy) is 2. The zero-order valence-corrected chi connectivity index (χ0v) is 27.7. The quantitative estimate of drug-likeness (QED) is 0.0365. The van der Waals surface area contributed by atoms with Crippen LogP contribution in [0.15, 0.2) is 48.6 Å². The summed E-state index contributed by atoms with van der Waals surface area (Å²) in [4.78, 5) is 42.4. The second kappa shape index (κ2) is 30.1. The first-order chi connectivity index (χ1) is 20.8. The lowest BCUT2D eigenvalue weighted by Crippen LogP contribution is -2.29. The van der Waals surface area contributed by atoms with E-state index in [0.29, 0.717) is 6.42 Å². The smallest absolute Gasteiger partial charge is 0.462 e. The van der Waals surface area contributed by atoms with E-state index in [9.17, 15) is 14.2 Å². The first-order valence-corrected chi connectivity index (χ1v) is 18.0. The molecule has 0 rings (SSSR count). The van der Waals surface area contributed by atoms with E-state index in [2.05, 4.69) is 67.0 Å². The highest BCUT2D eigenvalue weighted by Gasteiger charge is 2.22. The molecule has 0 fully saturated rings. The monoisotopic (exact) mass is 626 g/mol. The highest BCUT2D eigenvalue weighted by Crippen LogP contribution is 2.35. The molecule has 248 valence electrons. The number of phosphoric ester groups is 1. The molecule has 0 aliphatic heterocycles. The third-order valence-electron chi connectivity index (χ3n) is 6.61. The Balaban J connectivity index is 4.13. The Morgan fingerprint density at radius 2 is 1.12 bits per heavy atom. The fourth-order valence-electron chi connectivity index (χ4n) is 4.19. The molecule has 0 aromatic heterocycles. The summed E-state index contributed by atoms with van der Waals surface area (Å²) in [5.74, 6) is -0.940.